The van der Waals surface area contributed by atoms with E-state index in [2.05, 4.69) is 5.32 Å². The van der Waals surface area contributed by atoms with Crippen LogP contribution in [-0.4, -0.2) is 55.5 Å². The van der Waals surface area contributed by atoms with E-state index in [1.54, 1.807) is 0 Å². The van der Waals surface area contributed by atoms with Gasteiger partial charge in [-0.1, -0.05) is 0 Å². The SMILES string of the molecule is O=C(O)N1CCC(COCC2CCNCC2)CC1. The minimum Gasteiger partial charge on any atom is -0.465 e. The molecular weight excluding hydrogens is 232 g/mol. The highest BCUT2D eigenvalue weighted by Crippen LogP contribution is 2.19. The van der Waals surface area contributed by atoms with Gasteiger partial charge in [-0.3, -0.25) is 0 Å². The van der Waals surface area contributed by atoms with Gasteiger partial charge in [0.2, 0.25) is 0 Å². The molecule has 2 heterocycles. The van der Waals surface area contributed by atoms with Crippen molar-refractivity contribution in [2.75, 3.05) is 39.4 Å². The first-order valence-corrected chi connectivity index (χ1v) is 7.02. The fourth-order valence-electron chi connectivity index (χ4n) is 2.74. The molecular formula is C13H24N2O3. The highest BCUT2D eigenvalue weighted by Gasteiger charge is 2.22. The Morgan fingerprint density at radius 1 is 1.11 bits per heavy atom. The Morgan fingerprint density at radius 3 is 2.22 bits per heavy atom. The van der Waals surface area contributed by atoms with Crippen LogP contribution in [0.1, 0.15) is 25.7 Å². The van der Waals surface area contributed by atoms with Gasteiger partial charge < -0.3 is 20.1 Å². The van der Waals surface area contributed by atoms with E-state index in [1.807, 2.05) is 0 Å². The Balaban J connectivity index is 1.56. The van der Waals surface area contributed by atoms with E-state index in [0.29, 0.717) is 24.9 Å². The zero-order chi connectivity index (χ0) is 12.8. The summed E-state index contributed by atoms with van der Waals surface area (Å²) in [6, 6.07) is 0. The maximum atomic E-state index is 10.8. The van der Waals surface area contributed by atoms with Gasteiger partial charge in [0.25, 0.3) is 0 Å². The van der Waals surface area contributed by atoms with Crippen molar-refractivity contribution in [3.8, 4) is 0 Å². The lowest BCUT2D eigenvalue weighted by Gasteiger charge is -2.30. The zero-order valence-corrected chi connectivity index (χ0v) is 10.9. The van der Waals surface area contributed by atoms with Gasteiger partial charge in [0.05, 0.1) is 0 Å². The van der Waals surface area contributed by atoms with Crippen LogP contribution in [-0.2, 0) is 4.74 Å². The standard InChI is InChI=1S/C13H24N2O3/c16-13(17)15-7-3-12(4-8-15)10-18-9-11-1-5-14-6-2-11/h11-12,14H,1-10H2,(H,16,17). The second-order valence-corrected chi connectivity index (χ2v) is 5.44. The van der Waals surface area contributed by atoms with Gasteiger partial charge >= 0.3 is 6.09 Å². The lowest BCUT2D eigenvalue weighted by atomic mass is 9.97. The molecule has 2 fully saturated rings. The second kappa shape index (κ2) is 6.95. The van der Waals surface area contributed by atoms with E-state index in [0.717, 1.165) is 39.1 Å². The molecule has 2 aliphatic rings. The van der Waals surface area contributed by atoms with Crippen molar-refractivity contribution in [2.24, 2.45) is 11.8 Å². The third kappa shape index (κ3) is 4.14. The number of piperidine rings is 2. The summed E-state index contributed by atoms with van der Waals surface area (Å²) in [5.41, 5.74) is 0. The molecule has 0 bridgehead atoms. The van der Waals surface area contributed by atoms with Gasteiger partial charge in [-0.15, -0.1) is 0 Å². The van der Waals surface area contributed by atoms with Crippen LogP contribution in [0.4, 0.5) is 4.79 Å². The molecule has 2 saturated heterocycles. The third-order valence-corrected chi connectivity index (χ3v) is 4.05. The molecule has 0 aliphatic carbocycles. The summed E-state index contributed by atoms with van der Waals surface area (Å²) in [4.78, 5) is 12.3. The quantitative estimate of drug-likeness (QED) is 0.798. The first-order chi connectivity index (χ1) is 8.75. The molecule has 0 aromatic carbocycles. The van der Waals surface area contributed by atoms with E-state index in [4.69, 9.17) is 9.84 Å². The van der Waals surface area contributed by atoms with E-state index in [-0.39, 0.29) is 0 Å². The number of nitrogens with one attached hydrogen (secondary N) is 1. The van der Waals surface area contributed by atoms with Crippen LogP contribution >= 0.6 is 0 Å². The summed E-state index contributed by atoms with van der Waals surface area (Å²) >= 11 is 0. The fraction of sp³-hybridized carbons (Fsp3) is 0.923. The monoisotopic (exact) mass is 256 g/mol. The van der Waals surface area contributed by atoms with E-state index >= 15 is 0 Å². The molecule has 2 N–H and O–H groups in total. The molecule has 18 heavy (non-hydrogen) atoms. The normalized spacial score (nSPS) is 23.2. The Hall–Kier alpha value is -0.810. The first-order valence-electron chi connectivity index (χ1n) is 7.02. The number of amides is 1. The molecule has 0 unspecified atom stereocenters. The Morgan fingerprint density at radius 2 is 1.67 bits per heavy atom. The van der Waals surface area contributed by atoms with Crippen LogP contribution in [0.5, 0.6) is 0 Å². The van der Waals surface area contributed by atoms with Crippen LogP contribution in [0.2, 0.25) is 0 Å². The molecule has 2 rings (SSSR count). The van der Waals surface area contributed by atoms with Gasteiger partial charge in [-0.05, 0) is 50.6 Å². The molecule has 5 nitrogen and oxygen atoms in total. The van der Waals surface area contributed by atoms with Crippen molar-refractivity contribution in [3.63, 3.8) is 0 Å². The van der Waals surface area contributed by atoms with E-state index in [9.17, 15) is 4.79 Å². The lowest BCUT2D eigenvalue weighted by Crippen LogP contribution is -2.38. The Labute approximate surface area is 108 Å². The number of rotatable bonds is 4. The largest absolute Gasteiger partial charge is 0.465 e. The maximum absolute atomic E-state index is 10.8. The van der Waals surface area contributed by atoms with Crippen molar-refractivity contribution >= 4 is 6.09 Å². The molecule has 0 atom stereocenters. The topological polar surface area (TPSA) is 61.8 Å². The predicted molar refractivity (Wildman–Crippen MR) is 68.7 cm³/mol. The summed E-state index contributed by atoms with van der Waals surface area (Å²) in [5, 5.41) is 12.2. The van der Waals surface area contributed by atoms with Gasteiger partial charge in [-0.2, -0.15) is 0 Å². The second-order valence-electron chi connectivity index (χ2n) is 5.44. The molecule has 0 radical (unpaired) electrons. The molecule has 2 aliphatic heterocycles. The zero-order valence-electron chi connectivity index (χ0n) is 10.9. The van der Waals surface area contributed by atoms with Gasteiger partial charge in [0.1, 0.15) is 0 Å². The number of carbonyl (C=O) groups is 1. The number of nitrogens with zero attached hydrogens (tertiary/aromatic N) is 1. The fourth-order valence-corrected chi connectivity index (χ4v) is 2.74. The van der Waals surface area contributed by atoms with Gasteiger partial charge in [-0.25, -0.2) is 4.79 Å². The molecule has 104 valence electrons. The summed E-state index contributed by atoms with van der Waals surface area (Å²) in [6.07, 6.45) is 3.54. The molecule has 0 spiro atoms. The van der Waals surface area contributed by atoms with Crippen molar-refractivity contribution in [1.82, 2.24) is 10.2 Å². The lowest BCUT2D eigenvalue weighted by molar-refractivity contribution is 0.0415. The molecule has 0 saturated carbocycles. The molecule has 1 amide bonds. The summed E-state index contributed by atoms with van der Waals surface area (Å²) in [6.45, 7) is 5.24. The number of hydrogen-bond acceptors (Lipinski definition) is 3. The smallest absolute Gasteiger partial charge is 0.407 e. The van der Waals surface area contributed by atoms with Crippen LogP contribution in [0.3, 0.4) is 0 Å². The van der Waals surface area contributed by atoms with E-state index in [1.165, 1.54) is 17.7 Å². The predicted octanol–water partition coefficient (Wildman–Crippen LogP) is 1.39. The van der Waals surface area contributed by atoms with Crippen molar-refractivity contribution < 1.29 is 14.6 Å². The van der Waals surface area contributed by atoms with E-state index < -0.39 is 6.09 Å². The van der Waals surface area contributed by atoms with Crippen LogP contribution in [0.25, 0.3) is 0 Å². The van der Waals surface area contributed by atoms with Crippen LogP contribution in [0, 0.1) is 11.8 Å². The highest BCUT2D eigenvalue weighted by atomic mass is 16.5. The Kier molecular flexibility index (Phi) is 5.26. The number of ether oxygens (including phenoxy) is 1. The number of likely N-dealkylation sites (tertiary alicyclic amines) is 1. The van der Waals surface area contributed by atoms with Crippen LogP contribution in [0.15, 0.2) is 0 Å². The van der Waals surface area contributed by atoms with Crippen molar-refractivity contribution in [2.45, 2.75) is 25.7 Å². The highest BCUT2D eigenvalue weighted by molar-refractivity contribution is 5.64. The average Bonchev–Trinajstić information content (AvgIpc) is 2.40. The average molecular weight is 256 g/mol. The van der Waals surface area contributed by atoms with Crippen LogP contribution < -0.4 is 5.32 Å². The minimum atomic E-state index is -0.788. The Bertz CT molecular complexity index is 259. The van der Waals surface area contributed by atoms with Gasteiger partial charge in [0, 0.05) is 26.3 Å². The molecule has 0 aromatic rings. The maximum Gasteiger partial charge on any atom is 0.407 e. The summed E-state index contributed by atoms with van der Waals surface area (Å²) in [7, 11) is 0. The molecule has 5 heteroatoms. The summed E-state index contributed by atoms with van der Waals surface area (Å²) < 4.78 is 5.81. The summed E-state index contributed by atoms with van der Waals surface area (Å²) in [5.74, 6) is 1.26. The minimum absolute atomic E-state index is 0.544. The number of carboxylic acid groups (broad SMARTS) is 1. The number of hydrogen-bond donors (Lipinski definition) is 2. The van der Waals surface area contributed by atoms with Crippen molar-refractivity contribution in [3.05, 3.63) is 0 Å². The molecule has 0 aromatic heterocycles. The first kappa shape index (κ1) is 13.6. The van der Waals surface area contributed by atoms with Gasteiger partial charge in [0.15, 0.2) is 0 Å². The third-order valence-electron chi connectivity index (χ3n) is 4.05. The van der Waals surface area contributed by atoms with Crippen molar-refractivity contribution in [1.29, 1.82) is 0 Å².